The van der Waals surface area contributed by atoms with Gasteiger partial charge in [-0.2, -0.15) is 0 Å². The van der Waals surface area contributed by atoms with Gasteiger partial charge in [0.1, 0.15) is 5.60 Å². The van der Waals surface area contributed by atoms with E-state index in [4.69, 9.17) is 4.74 Å². The van der Waals surface area contributed by atoms with Gasteiger partial charge in [-0.25, -0.2) is 4.79 Å². The van der Waals surface area contributed by atoms with Crippen molar-refractivity contribution in [2.75, 3.05) is 11.9 Å². The molecule has 0 radical (unpaired) electrons. The van der Waals surface area contributed by atoms with Crippen molar-refractivity contribution >= 4 is 29.4 Å². The Bertz CT molecular complexity index is 841. The molecule has 7 heteroatoms. The highest BCUT2D eigenvalue weighted by molar-refractivity contribution is 5.93. The van der Waals surface area contributed by atoms with Crippen LogP contribution in [0.4, 0.5) is 21.9 Å². The number of benzene rings is 2. The number of amides is 1. The molecule has 2 aromatic rings. The molecule has 0 fully saturated rings. The Balaban J connectivity index is 2.27. The lowest BCUT2D eigenvalue weighted by molar-refractivity contribution is -0.384. The van der Waals surface area contributed by atoms with Crippen LogP contribution in [-0.4, -0.2) is 29.9 Å². The predicted molar refractivity (Wildman–Crippen MR) is 101 cm³/mol. The highest BCUT2D eigenvalue weighted by Crippen LogP contribution is 2.28. The van der Waals surface area contributed by atoms with Gasteiger partial charge < -0.3 is 4.74 Å². The molecule has 0 atom stereocenters. The lowest BCUT2D eigenvalue weighted by Crippen LogP contribution is -2.34. The van der Waals surface area contributed by atoms with E-state index in [1.54, 1.807) is 64.2 Å². The van der Waals surface area contributed by atoms with Crippen LogP contribution >= 0.6 is 0 Å². The van der Waals surface area contributed by atoms with Crippen molar-refractivity contribution in [3.63, 3.8) is 0 Å². The van der Waals surface area contributed by atoms with Crippen molar-refractivity contribution in [3.8, 4) is 0 Å². The highest BCUT2D eigenvalue weighted by atomic mass is 16.6. The Labute approximate surface area is 152 Å². The number of nitro benzene ring substituents is 1. The smallest absolute Gasteiger partial charge is 0.414 e. The molecule has 0 saturated heterocycles. The molecule has 0 aliphatic rings. The van der Waals surface area contributed by atoms with Crippen LogP contribution in [0.1, 0.15) is 26.3 Å². The van der Waals surface area contributed by atoms with E-state index in [2.05, 4.69) is 4.99 Å². The van der Waals surface area contributed by atoms with E-state index in [1.165, 1.54) is 23.2 Å². The highest BCUT2D eigenvalue weighted by Gasteiger charge is 2.21. The summed E-state index contributed by atoms with van der Waals surface area (Å²) in [6, 6.07) is 13.3. The molecule has 0 aliphatic carbocycles. The first-order valence-corrected chi connectivity index (χ1v) is 8.01. The molecule has 0 spiro atoms. The van der Waals surface area contributed by atoms with Gasteiger partial charge in [0.25, 0.3) is 5.69 Å². The first kappa shape index (κ1) is 19.1. The van der Waals surface area contributed by atoms with Gasteiger partial charge in [-0.3, -0.25) is 20.0 Å². The molecule has 1 amide bonds. The number of anilines is 1. The van der Waals surface area contributed by atoms with Crippen LogP contribution in [0, 0.1) is 10.1 Å². The molecule has 0 aromatic heterocycles. The second-order valence-corrected chi connectivity index (χ2v) is 6.64. The van der Waals surface area contributed by atoms with Gasteiger partial charge in [-0.1, -0.05) is 24.3 Å². The van der Waals surface area contributed by atoms with Crippen LogP contribution in [-0.2, 0) is 4.74 Å². The Morgan fingerprint density at radius 2 is 1.88 bits per heavy atom. The maximum Gasteiger partial charge on any atom is 0.414 e. The minimum atomic E-state index is -0.605. The quantitative estimate of drug-likeness (QED) is 0.451. The SMILES string of the molecule is CN(C(=O)OC(C)(C)C)c1ccccc1N=Cc1cccc([N+](=O)[O-])c1. The summed E-state index contributed by atoms with van der Waals surface area (Å²) in [6.07, 6.45) is 1.03. The van der Waals surface area contributed by atoms with Crippen LogP contribution in [0.3, 0.4) is 0 Å². The molecule has 2 rings (SSSR count). The number of non-ortho nitro benzene ring substituents is 1. The minimum absolute atomic E-state index is 0.00638. The number of ether oxygens (including phenoxy) is 1. The summed E-state index contributed by atoms with van der Waals surface area (Å²) in [5.74, 6) is 0. The summed E-state index contributed by atoms with van der Waals surface area (Å²) in [5.41, 5.74) is 1.10. The van der Waals surface area contributed by atoms with Crippen molar-refractivity contribution in [2.45, 2.75) is 26.4 Å². The molecule has 0 saturated carbocycles. The zero-order valence-corrected chi connectivity index (χ0v) is 15.2. The van der Waals surface area contributed by atoms with Gasteiger partial charge >= 0.3 is 6.09 Å². The Kier molecular flexibility index (Phi) is 5.71. The molecule has 0 aliphatic heterocycles. The maximum absolute atomic E-state index is 12.3. The third-order valence-electron chi connectivity index (χ3n) is 3.34. The van der Waals surface area contributed by atoms with Crippen molar-refractivity contribution in [1.29, 1.82) is 0 Å². The third-order valence-corrected chi connectivity index (χ3v) is 3.34. The lowest BCUT2D eigenvalue weighted by Gasteiger charge is -2.25. The number of hydrogen-bond donors (Lipinski definition) is 0. The van der Waals surface area contributed by atoms with Crippen LogP contribution in [0.15, 0.2) is 53.5 Å². The van der Waals surface area contributed by atoms with E-state index < -0.39 is 16.6 Å². The van der Waals surface area contributed by atoms with E-state index in [-0.39, 0.29) is 5.69 Å². The number of para-hydroxylation sites is 2. The van der Waals surface area contributed by atoms with Crippen molar-refractivity contribution in [3.05, 3.63) is 64.2 Å². The molecular weight excluding hydrogens is 334 g/mol. The van der Waals surface area contributed by atoms with Gasteiger partial charge in [-0.15, -0.1) is 0 Å². The molecule has 26 heavy (non-hydrogen) atoms. The zero-order chi connectivity index (χ0) is 19.3. The summed E-state index contributed by atoms with van der Waals surface area (Å²) in [7, 11) is 1.61. The largest absolute Gasteiger partial charge is 0.443 e. The second kappa shape index (κ2) is 7.77. The summed E-state index contributed by atoms with van der Waals surface area (Å²) in [5, 5.41) is 10.9. The summed E-state index contributed by atoms with van der Waals surface area (Å²) >= 11 is 0. The molecule has 136 valence electrons. The van der Waals surface area contributed by atoms with Crippen molar-refractivity contribution in [2.24, 2.45) is 4.99 Å². The van der Waals surface area contributed by atoms with E-state index in [0.717, 1.165) is 0 Å². The summed E-state index contributed by atoms with van der Waals surface area (Å²) in [6.45, 7) is 5.39. The molecule has 0 heterocycles. The number of rotatable bonds is 4. The summed E-state index contributed by atoms with van der Waals surface area (Å²) < 4.78 is 5.37. The first-order valence-electron chi connectivity index (χ1n) is 8.01. The van der Waals surface area contributed by atoms with E-state index in [0.29, 0.717) is 16.9 Å². The van der Waals surface area contributed by atoms with E-state index >= 15 is 0 Å². The normalized spacial score (nSPS) is 11.4. The van der Waals surface area contributed by atoms with Crippen LogP contribution < -0.4 is 4.90 Å². The number of aliphatic imine (C=N–C) groups is 1. The van der Waals surface area contributed by atoms with Gasteiger partial charge in [0, 0.05) is 25.4 Å². The minimum Gasteiger partial charge on any atom is -0.443 e. The van der Waals surface area contributed by atoms with Crippen molar-refractivity contribution in [1.82, 2.24) is 0 Å². The van der Waals surface area contributed by atoms with Crippen LogP contribution in [0.2, 0.25) is 0 Å². The summed E-state index contributed by atoms with van der Waals surface area (Å²) in [4.78, 5) is 28.4. The van der Waals surface area contributed by atoms with Gasteiger partial charge in [-0.05, 0) is 38.5 Å². The fourth-order valence-electron chi connectivity index (χ4n) is 2.15. The molecule has 0 N–H and O–H groups in total. The van der Waals surface area contributed by atoms with Gasteiger partial charge in [0.05, 0.1) is 16.3 Å². The van der Waals surface area contributed by atoms with Crippen LogP contribution in [0.5, 0.6) is 0 Å². The average molecular weight is 355 g/mol. The van der Waals surface area contributed by atoms with E-state index in [1.807, 2.05) is 0 Å². The topological polar surface area (TPSA) is 85.0 Å². The Morgan fingerprint density at radius 3 is 2.54 bits per heavy atom. The Morgan fingerprint density at radius 1 is 1.19 bits per heavy atom. The first-order chi connectivity index (χ1) is 12.2. The van der Waals surface area contributed by atoms with Crippen LogP contribution in [0.25, 0.3) is 0 Å². The molecule has 7 nitrogen and oxygen atoms in total. The standard InChI is InChI=1S/C19H21N3O4/c1-19(2,3)26-18(23)21(4)17-11-6-5-10-16(17)20-13-14-8-7-9-15(12-14)22(24)25/h5-13H,1-4H3. The number of nitrogens with zero attached hydrogens (tertiary/aromatic N) is 3. The number of hydrogen-bond acceptors (Lipinski definition) is 5. The average Bonchev–Trinajstić information content (AvgIpc) is 2.58. The zero-order valence-electron chi connectivity index (χ0n) is 15.2. The van der Waals surface area contributed by atoms with E-state index in [9.17, 15) is 14.9 Å². The van der Waals surface area contributed by atoms with Crippen molar-refractivity contribution < 1.29 is 14.5 Å². The molecular formula is C19H21N3O4. The molecule has 2 aromatic carbocycles. The lowest BCUT2D eigenvalue weighted by atomic mass is 10.2. The third kappa shape index (κ3) is 5.14. The Hall–Kier alpha value is -3.22. The second-order valence-electron chi connectivity index (χ2n) is 6.64. The number of nitro groups is 1. The van der Waals surface area contributed by atoms with Gasteiger partial charge in [0.15, 0.2) is 0 Å². The number of carbonyl (C=O) groups is 1. The molecule has 0 unspecified atom stereocenters. The molecule has 0 bridgehead atoms. The maximum atomic E-state index is 12.3. The monoisotopic (exact) mass is 355 g/mol. The fraction of sp³-hybridized carbons (Fsp3) is 0.263. The fourth-order valence-corrected chi connectivity index (χ4v) is 2.15. The predicted octanol–water partition coefficient (Wildman–Crippen LogP) is 4.72. The number of carbonyl (C=O) groups excluding carboxylic acids is 1. The van der Waals surface area contributed by atoms with Gasteiger partial charge in [0.2, 0.25) is 0 Å².